The number of carbonyl (C=O) groups excluding carboxylic acids is 1. The molecule has 1 aromatic carbocycles. The van der Waals surface area contributed by atoms with Crippen LogP contribution in [0.1, 0.15) is 5.56 Å². The molecule has 0 fully saturated rings. The standard InChI is InChI=1S/C13H13N5O/c14-13-15-7-10-11(18-13)16-9(12(19)17-10)6-8-4-2-1-3-5-8/h1-5,7,9H,6H2,(H,17,19)(H3,14,15,16,18). The molecule has 2 aromatic rings. The van der Waals surface area contributed by atoms with E-state index in [1.165, 1.54) is 6.20 Å². The number of nitrogens with one attached hydrogen (secondary N) is 2. The lowest BCUT2D eigenvalue weighted by Crippen LogP contribution is -2.40. The molecule has 1 atom stereocenters. The highest BCUT2D eigenvalue weighted by molar-refractivity contribution is 6.02. The molecule has 4 N–H and O–H groups in total. The summed E-state index contributed by atoms with van der Waals surface area (Å²) in [4.78, 5) is 19.9. The quantitative estimate of drug-likeness (QED) is 0.745. The number of nitrogens with two attached hydrogens (primary N) is 1. The van der Waals surface area contributed by atoms with Crippen molar-refractivity contribution in [3.8, 4) is 0 Å². The minimum absolute atomic E-state index is 0.0928. The molecule has 6 heteroatoms. The summed E-state index contributed by atoms with van der Waals surface area (Å²) in [5.41, 5.74) is 7.18. The summed E-state index contributed by atoms with van der Waals surface area (Å²) < 4.78 is 0. The first-order valence-electron chi connectivity index (χ1n) is 5.96. The summed E-state index contributed by atoms with van der Waals surface area (Å²) in [6, 6.07) is 9.46. The van der Waals surface area contributed by atoms with Gasteiger partial charge in [-0.3, -0.25) is 4.79 Å². The molecule has 0 aliphatic carbocycles. The van der Waals surface area contributed by atoms with Crippen LogP contribution in [-0.4, -0.2) is 21.9 Å². The molecule has 6 nitrogen and oxygen atoms in total. The van der Waals surface area contributed by atoms with Crippen LogP contribution in [0.15, 0.2) is 36.5 Å². The summed E-state index contributed by atoms with van der Waals surface area (Å²) in [5.74, 6) is 0.651. The fraction of sp³-hybridized carbons (Fsp3) is 0.154. The lowest BCUT2D eigenvalue weighted by atomic mass is 10.0. The predicted molar refractivity (Wildman–Crippen MR) is 72.6 cm³/mol. The molecular weight excluding hydrogens is 242 g/mol. The van der Waals surface area contributed by atoms with E-state index in [0.717, 1.165) is 5.56 Å². The van der Waals surface area contributed by atoms with Crippen molar-refractivity contribution in [3.05, 3.63) is 42.1 Å². The smallest absolute Gasteiger partial charge is 0.247 e. The fourth-order valence-electron chi connectivity index (χ4n) is 2.04. The summed E-state index contributed by atoms with van der Waals surface area (Å²) in [5, 5.41) is 5.87. The Morgan fingerprint density at radius 2 is 2.05 bits per heavy atom. The number of nitrogen functional groups attached to an aromatic ring is 1. The van der Waals surface area contributed by atoms with E-state index in [1.807, 2.05) is 30.3 Å². The molecule has 1 amide bonds. The number of rotatable bonds is 2. The Morgan fingerprint density at radius 3 is 2.84 bits per heavy atom. The Labute approximate surface area is 110 Å². The molecule has 1 unspecified atom stereocenters. The van der Waals surface area contributed by atoms with Crippen molar-refractivity contribution in [2.24, 2.45) is 0 Å². The van der Waals surface area contributed by atoms with E-state index in [1.54, 1.807) is 0 Å². The van der Waals surface area contributed by atoms with E-state index >= 15 is 0 Å². The molecular formula is C13H13N5O. The van der Waals surface area contributed by atoms with Crippen molar-refractivity contribution >= 4 is 23.4 Å². The van der Waals surface area contributed by atoms with E-state index in [-0.39, 0.29) is 17.9 Å². The third-order valence-corrected chi connectivity index (χ3v) is 2.98. The Balaban J connectivity index is 1.83. The van der Waals surface area contributed by atoms with Gasteiger partial charge in [0.1, 0.15) is 11.7 Å². The average molecular weight is 255 g/mol. The van der Waals surface area contributed by atoms with Gasteiger partial charge in [0.25, 0.3) is 0 Å². The van der Waals surface area contributed by atoms with Crippen LogP contribution in [0.3, 0.4) is 0 Å². The van der Waals surface area contributed by atoms with Crippen molar-refractivity contribution in [3.63, 3.8) is 0 Å². The highest BCUT2D eigenvalue weighted by atomic mass is 16.2. The number of aromatic nitrogens is 2. The van der Waals surface area contributed by atoms with Crippen LogP contribution in [0.2, 0.25) is 0 Å². The van der Waals surface area contributed by atoms with Crippen LogP contribution in [0.5, 0.6) is 0 Å². The Bertz CT molecular complexity index is 614. The average Bonchev–Trinajstić information content (AvgIpc) is 2.41. The Hall–Kier alpha value is -2.63. The summed E-state index contributed by atoms with van der Waals surface area (Å²) in [6.07, 6.45) is 2.09. The molecule has 0 saturated carbocycles. The van der Waals surface area contributed by atoms with E-state index in [9.17, 15) is 4.79 Å². The zero-order chi connectivity index (χ0) is 13.2. The molecule has 0 radical (unpaired) electrons. The second-order valence-electron chi connectivity index (χ2n) is 4.37. The van der Waals surface area contributed by atoms with E-state index in [2.05, 4.69) is 20.6 Å². The maximum absolute atomic E-state index is 12.0. The lowest BCUT2D eigenvalue weighted by molar-refractivity contribution is -0.117. The first-order valence-corrected chi connectivity index (χ1v) is 5.96. The van der Waals surface area contributed by atoms with Crippen molar-refractivity contribution in [1.29, 1.82) is 0 Å². The van der Waals surface area contributed by atoms with E-state index in [0.29, 0.717) is 17.9 Å². The van der Waals surface area contributed by atoms with E-state index < -0.39 is 0 Å². The van der Waals surface area contributed by atoms with Gasteiger partial charge in [0.15, 0.2) is 5.82 Å². The molecule has 0 spiro atoms. The Morgan fingerprint density at radius 1 is 1.26 bits per heavy atom. The van der Waals surface area contributed by atoms with Gasteiger partial charge in [-0.15, -0.1) is 0 Å². The number of hydrogen-bond acceptors (Lipinski definition) is 5. The van der Waals surface area contributed by atoms with Crippen molar-refractivity contribution in [2.75, 3.05) is 16.4 Å². The van der Waals surface area contributed by atoms with Crippen molar-refractivity contribution in [1.82, 2.24) is 9.97 Å². The third kappa shape index (κ3) is 2.33. The highest BCUT2D eigenvalue weighted by Gasteiger charge is 2.26. The lowest BCUT2D eigenvalue weighted by Gasteiger charge is -2.25. The topological polar surface area (TPSA) is 92.9 Å². The number of hydrogen-bond donors (Lipinski definition) is 3. The van der Waals surface area contributed by atoms with Gasteiger partial charge >= 0.3 is 0 Å². The van der Waals surface area contributed by atoms with Crippen molar-refractivity contribution in [2.45, 2.75) is 12.5 Å². The zero-order valence-corrected chi connectivity index (χ0v) is 10.1. The van der Waals surface area contributed by atoms with Gasteiger partial charge in [-0.2, -0.15) is 4.98 Å². The molecule has 19 heavy (non-hydrogen) atoms. The number of anilines is 3. The van der Waals surface area contributed by atoms with Crippen LogP contribution in [0, 0.1) is 0 Å². The molecule has 96 valence electrons. The first-order chi connectivity index (χ1) is 9.22. The number of carbonyl (C=O) groups is 1. The predicted octanol–water partition coefficient (Wildman–Crippen LogP) is 1.03. The molecule has 1 aliphatic rings. The van der Waals surface area contributed by atoms with Crippen LogP contribution < -0.4 is 16.4 Å². The third-order valence-electron chi connectivity index (χ3n) is 2.98. The van der Waals surface area contributed by atoms with Gasteiger partial charge in [0, 0.05) is 6.42 Å². The van der Waals surface area contributed by atoms with Gasteiger partial charge in [0.2, 0.25) is 11.9 Å². The maximum atomic E-state index is 12.0. The second-order valence-corrected chi connectivity index (χ2v) is 4.37. The van der Waals surface area contributed by atoms with Crippen LogP contribution in [0.4, 0.5) is 17.5 Å². The van der Waals surface area contributed by atoms with Gasteiger partial charge < -0.3 is 16.4 Å². The number of amides is 1. The van der Waals surface area contributed by atoms with E-state index in [4.69, 9.17) is 5.73 Å². The molecule has 1 aliphatic heterocycles. The second kappa shape index (κ2) is 4.56. The summed E-state index contributed by atoms with van der Waals surface area (Å²) in [6.45, 7) is 0. The zero-order valence-electron chi connectivity index (χ0n) is 10.1. The number of nitrogens with zero attached hydrogens (tertiary/aromatic N) is 2. The largest absolute Gasteiger partial charge is 0.368 e. The molecule has 0 saturated heterocycles. The summed E-state index contributed by atoms with van der Waals surface area (Å²) >= 11 is 0. The van der Waals surface area contributed by atoms with Gasteiger partial charge in [0.05, 0.1) is 6.20 Å². The maximum Gasteiger partial charge on any atom is 0.247 e. The van der Waals surface area contributed by atoms with Gasteiger partial charge in [-0.05, 0) is 5.56 Å². The minimum Gasteiger partial charge on any atom is -0.368 e. The van der Waals surface area contributed by atoms with Gasteiger partial charge in [-0.1, -0.05) is 30.3 Å². The fourth-order valence-corrected chi connectivity index (χ4v) is 2.04. The molecule has 0 bridgehead atoms. The minimum atomic E-state index is -0.357. The molecule has 2 heterocycles. The monoisotopic (exact) mass is 255 g/mol. The van der Waals surface area contributed by atoms with Crippen LogP contribution in [0.25, 0.3) is 0 Å². The first kappa shape index (κ1) is 11.5. The van der Waals surface area contributed by atoms with Crippen LogP contribution >= 0.6 is 0 Å². The normalized spacial score (nSPS) is 17.3. The van der Waals surface area contributed by atoms with Crippen molar-refractivity contribution < 1.29 is 4.79 Å². The van der Waals surface area contributed by atoms with Crippen LogP contribution in [-0.2, 0) is 11.2 Å². The van der Waals surface area contributed by atoms with Gasteiger partial charge in [-0.25, -0.2) is 4.98 Å². The molecule has 1 aromatic heterocycles. The number of benzene rings is 1. The summed E-state index contributed by atoms with van der Waals surface area (Å²) in [7, 11) is 0. The SMILES string of the molecule is Nc1ncc2c(n1)NC(Cc1ccccc1)C(=O)N2. The highest BCUT2D eigenvalue weighted by Crippen LogP contribution is 2.25. The Kier molecular flexibility index (Phi) is 2.75. The number of fused-ring (bicyclic) bond motifs is 1. The molecule has 3 rings (SSSR count).